The van der Waals surface area contributed by atoms with E-state index in [9.17, 15) is 0 Å². The van der Waals surface area contributed by atoms with Gasteiger partial charge in [-0.3, -0.25) is 4.98 Å². The Bertz CT molecular complexity index is 239. The van der Waals surface area contributed by atoms with Crippen LogP contribution in [0.15, 0.2) is 24.4 Å². The maximum absolute atomic E-state index is 4.97. The van der Waals surface area contributed by atoms with Gasteiger partial charge in [0.1, 0.15) is 0 Å². The van der Waals surface area contributed by atoms with Crippen LogP contribution < -0.4 is 5.32 Å². The highest BCUT2D eigenvalue weighted by atomic mass is 16.5. The summed E-state index contributed by atoms with van der Waals surface area (Å²) in [6, 6.07) is 6.06. The molecule has 1 aromatic heterocycles. The van der Waals surface area contributed by atoms with Crippen LogP contribution in [0.5, 0.6) is 0 Å². The minimum atomic E-state index is 0.841. The Hall–Kier alpha value is -0.930. The molecule has 0 bridgehead atoms. The van der Waals surface area contributed by atoms with E-state index in [1.807, 2.05) is 18.3 Å². The predicted octanol–water partition coefficient (Wildman–Crippen LogP) is 1.64. The Morgan fingerprint density at radius 2 is 2.13 bits per heavy atom. The lowest BCUT2D eigenvalue weighted by molar-refractivity contribution is 0.194. The Morgan fingerprint density at radius 1 is 1.27 bits per heavy atom. The van der Waals surface area contributed by atoms with Gasteiger partial charge in [-0.1, -0.05) is 6.07 Å². The molecule has 1 rings (SSSR count). The van der Waals surface area contributed by atoms with E-state index in [1.165, 1.54) is 5.69 Å². The second-order valence-electron chi connectivity index (χ2n) is 3.52. The molecule has 0 spiro atoms. The van der Waals surface area contributed by atoms with Gasteiger partial charge in [-0.2, -0.15) is 0 Å². The molecule has 0 aliphatic carbocycles. The highest BCUT2D eigenvalue weighted by molar-refractivity contribution is 5.03. The zero-order valence-electron chi connectivity index (χ0n) is 9.41. The van der Waals surface area contributed by atoms with Crippen molar-refractivity contribution in [2.75, 3.05) is 26.8 Å². The summed E-state index contributed by atoms with van der Waals surface area (Å²) in [6.07, 6.45) is 5.13. The van der Waals surface area contributed by atoms with Crippen molar-refractivity contribution in [3.05, 3.63) is 30.1 Å². The second-order valence-corrected chi connectivity index (χ2v) is 3.52. The molecule has 0 radical (unpaired) electrons. The van der Waals surface area contributed by atoms with E-state index < -0.39 is 0 Å². The fraction of sp³-hybridized carbons (Fsp3) is 0.583. The van der Waals surface area contributed by atoms with Crippen LogP contribution in [0.4, 0.5) is 0 Å². The van der Waals surface area contributed by atoms with Crippen LogP contribution in [0.25, 0.3) is 0 Å². The van der Waals surface area contributed by atoms with Crippen molar-refractivity contribution in [1.82, 2.24) is 10.3 Å². The molecule has 3 heteroatoms. The number of aryl methyl sites for hydroxylation is 1. The normalized spacial score (nSPS) is 10.5. The number of hydrogen-bond donors (Lipinski definition) is 1. The maximum Gasteiger partial charge on any atom is 0.0474 e. The van der Waals surface area contributed by atoms with E-state index >= 15 is 0 Å². The van der Waals surface area contributed by atoms with Crippen molar-refractivity contribution in [2.24, 2.45) is 0 Å². The predicted molar refractivity (Wildman–Crippen MR) is 61.9 cm³/mol. The zero-order chi connectivity index (χ0) is 10.8. The van der Waals surface area contributed by atoms with E-state index in [-0.39, 0.29) is 0 Å². The van der Waals surface area contributed by atoms with Crippen LogP contribution in [-0.4, -0.2) is 31.8 Å². The van der Waals surface area contributed by atoms with Crippen LogP contribution in [0.3, 0.4) is 0 Å². The third-order valence-corrected chi connectivity index (χ3v) is 2.21. The third-order valence-electron chi connectivity index (χ3n) is 2.21. The molecule has 0 amide bonds. The first-order valence-electron chi connectivity index (χ1n) is 5.53. The molecule has 0 aliphatic rings. The van der Waals surface area contributed by atoms with Gasteiger partial charge in [0.15, 0.2) is 0 Å². The van der Waals surface area contributed by atoms with Gasteiger partial charge in [0.2, 0.25) is 0 Å². The molecule has 15 heavy (non-hydrogen) atoms. The Kier molecular flexibility index (Phi) is 6.79. The highest BCUT2D eigenvalue weighted by Gasteiger charge is 1.92. The molecule has 84 valence electrons. The second kappa shape index (κ2) is 8.38. The minimum Gasteiger partial charge on any atom is -0.385 e. The number of hydrogen-bond acceptors (Lipinski definition) is 3. The van der Waals surface area contributed by atoms with Crippen molar-refractivity contribution in [3.8, 4) is 0 Å². The SMILES string of the molecule is COCCCNCCCc1ccccn1. The molecule has 3 nitrogen and oxygen atoms in total. The van der Waals surface area contributed by atoms with E-state index in [2.05, 4.69) is 16.4 Å². The first-order chi connectivity index (χ1) is 7.43. The van der Waals surface area contributed by atoms with E-state index in [0.717, 1.165) is 39.0 Å². The quantitative estimate of drug-likeness (QED) is 0.659. The molecular weight excluding hydrogens is 188 g/mol. The Morgan fingerprint density at radius 3 is 2.87 bits per heavy atom. The molecule has 0 unspecified atom stereocenters. The summed E-state index contributed by atoms with van der Waals surface area (Å²) in [5, 5.41) is 3.38. The number of ether oxygens (including phenoxy) is 1. The molecule has 1 heterocycles. The van der Waals surface area contributed by atoms with E-state index in [1.54, 1.807) is 7.11 Å². The molecule has 0 aliphatic heterocycles. The summed E-state index contributed by atoms with van der Waals surface area (Å²) in [4.78, 5) is 4.28. The molecule has 1 aromatic rings. The summed E-state index contributed by atoms with van der Waals surface area (Å²) in [6.45, 7) is 2.93. The monoisotopic (exact) mass is 208 g/mol. The number of nitrogens with one attached hydrogen (secondary N) is 1. The number of nitrogens with zero attached hydrogens (tertiary/aromatic N) is 1. The van der Waals surface area contributed by atoms with Gasteiger partial charge in [0.25, 0.3) is 0 Å². The highest BCUT2D eigenvalue weighted by Crippen LogP contribution is 1.96. The number of pyridine rings is 1. The van der Waals surface area contributed by atoms with Crippen molar-refractivity contribution >= 4 is 0 Å². The molecule has 0 atom stereocenters. The van der Waals surface area contributed by atoms with Crippen LogP contribution in [0.1, 0.15) is 18.5 Å². The standard InChI is InChI=1S/C12H20N2O/c1-15-11-5-9-13-8-4-7-12-6-2-3-10-14-12/h2-3,6,10,13H,4-5,7-9,11H2,1H3. The number of aromatic nitrogens is 1. The average molecular weight is 208 g/mol. The molecule has 0 aromatic carbocycles. The van der Waals surface area contributed by atoms with Crippen molar-refractivity contribution in [1.29, 1.82) is 0 Å². The van der Waals surface area contributed by atoms with Gasteiger partial charge in [0, 0.05) is 25.6 Å². The largest absolute Gasteiger partial charge is 0.385 e. The third kappa shape index (κ3) is 6.20. The summed E-state index contributed by atoms with van der Waals surface area (Å²) in [5.41, 5.74) is 1.18. The average Bonchev–Trinajstić information content (AvgIpc) is 2.29. The number of methoxy groups -OCH3 is 1. The van der Waals surface area contributed by atoms with Crippen LogP contribution in [0, 0.1) is 0 Å². The van der Waals surface area contributed by atoms with Gasteiger partial charge < -0.3 is 10.1 Å². The topological polar surface area (TPSA) is 34.1 Å². The van der Waals surface area contributed by atoms with Crippen LogP contribution >= 0.6 is 0 Å². The van der Waals surface area contributed by atoms with Crippen molar-refractivity contribution in [2.45, 2.75) is 19.3 Å². The van der Waals surface area contributed by atoms with Gasteiger partial charge >= 0.3 is 0 Å². The van der Waals surface area contributed by atoms with Crippen LogP contribution in [0.2, 0.25) is 0 Å². The van der Waals surface area contributed by atoms with Gasteiger partial charge in [-0.15, -0.1) is 0 Å². The molecule has 0 saturated heterocycles. The smallest absolute Gasteiger partial charge is 0.0474 e. The minimum absolute atomic E-state index is 0.841. The molecule has 0 fully saturated rings. The summed E-state index contributed by atoms with van der Waals surface area (Å²) in [7, 11) is 1.74. The summed E-state index contributed by atoms with van der Waals surface area (Å²) >= 11 is 0. The van der Waals surface area contributed by atoms with E-state index in [0.29, 0.717) is 0 Å². The Labute approximate surface area is 91.9 Å². The van der Waals surface area contributed by atoms with Gasteiger partial charge in [0.05, 0.1) is 0 Å². The van der Waals surface area contributed by atoms with Crippen molar-refractivity contribution in [3.63, 3.8) is 0 Å². The fourth-order valence-corrected chi connectivity index (χ4v) is 1.41. The van der Waals surface area contributed by atoms with Gasteiger partial charge in [-0.05, 0) is 44.5 Å². The lowest BCUT2D eigenvalue weighted by Gasteiger charge is -2.03. The van der Waals surface area contributed by atoms with Crippen LogP contribution in [-0.2, 0) is 11.2 Å². The summed E-state index contributed by atoms with van der Waals surface area (Å²) < 4.78 is 4.97. The fourth-order valence-electron chi connectivity index (χ4n) is 1.41. The molecule has 0 saturated carbocycles. The van der Waals surface area contributed by atoms with E-state index in [4.69, 9.17) is 4.74 Å². The molecule has 1 N–H and O–H groups in total. The first kappa shape index (κ1) is 12.1. The maximum atomic E-state index is 4.97. The lowest BCUT2D eigenvalue weighted by Crippen LogP contribution is -2.18. The Balaban J connectivity index is 1.93. The number of rotatable bonds is 8. The first-order valence-corrected chi connectivity index (χ1v) is 5.53. The lowest BCUT2D eigenvalue weighted by atomic mass is 10.2. The van der Waals surface area contributed by atoms with Gasteiger partial charge in [-0.25, -0.2) is 0 Å². The summed E-state index contributed by atoms with van der Waals surface area (Å²) in [5.74, 6) is 0. The zero-order valence-corrected chi connectivity index (χ0v) is 9.41. The molecular formula is C12H20N2O. The van der Waals surface area contributed by atoms with Crippen molar-refractivity contribution < 1.29 is 4.74 Å².